The molecule has 0 aliphatic heterocycles. The highest BCUT2D eigenvalue weighted by molar-refractivity contribution is 5.87. The number of carboxylic acid groups (broad SMARTS) is 2. The Hall–Kier alpha value is -4.67. The lowest BCUT2D eigenvalue weighted by Crippen LogP contribution is -2.42. The van der Waals surface area contributed by atoms with Gasteiger partial charge in [0.05, 0.1) is 45.3 Å². The van der Waals surface area contributed by atoms with E-state index in [9.17, 15) is 43.5 Å². The summed E-state index contributed by atoms with van der Waals surface area (Å²) < 4.78 is 20.8. The summed E-state index contributed by atoms with van der Waals surface area (Å²) in [5.41, 5.74) is 6.39. The van der Waals surface area contributed by atoms with Crippen molar-refractivity contribution >= 4 is 47.0 Å². The largest absolute Gasteiger partial charge is 0.481 e. The summed E-state index contributed by atoms with van der Waals surface area (Å²) in [6, 6.07) is -1.50. The van der Waals surface area contributed by atoms with E-state index in [1.807, 2.05) is 13.8 Å². The van der Waals surface area contributed by atoms with Gasteiger partial charge in [-0.3, -0.25) is 33.6 Å². The fourth-order valence-corrected chi connectivity index (χ4v) is 7.34. The second-order valence-corrected chi connectivity index (χ2v) is 17.9. The second kappa shape index (κ2) is 49.5. The van der Waals surface area contributed by atoms with Crippen LogP contribution >= 0.6 is 0 Å². The molecule has 0 saturated carbocycles. The number of Topliss-reactive ketones (excluding diaryl/α,β-unsaturated/α-hetero) is 3. The molecule has 0 aliphatic carbocycles. The van der Waals surface area contributed by atoms with Crippen LogP contribution in [0.3, 0.4) is 0 Å². The average molecular weight is 1040 g/mol. The smallest absolute Gasteiger partial charge is 0.326 e. The average Bonchev–Trinajstić information content (AvgIpc) is 3.90. The first kappa shape index (κ1) is 68.3. The molecule has 0 bridgehead atoms. The first-order chi connectivity index (χ1) is 35.3. The molecule has 0 spiro atoms. The summed E-state index contributed by atoms with van der Waals surface area (Å²) in [7, 11) is 0. The molecule has 1 heterocycles. The van der Waals surface area contributed by atoms with E-state index >= 15 is 0 Å². The number of nitrogens with zero attached hydrogens (tertiary/aromatic N) is 1. The Bertz CT molecular complexity index is 1600. The van der Waals surface area contributed by atoms with Crippen LogP contribution in [0.15, 0.2) is 12.5 Å². The Kier molecular flexibility index (Phi) is 46.4. The van der Waals surface area contributed by atoms with E-state index in [0.717, 1.165) is 50.6 Å². The minimum absolute atomic E-state index is 0.000154. The molecule has 1 aromatic heterocycles. The van der Waals surface area contributed by atoms with Crippen molar-refractivity contribution in [2.75, 3.05) is 79.0 Å². The van der Waals surface area contributed by atoms with Crippen LogP contribution in [-0.4, -0.2) is 158 Å². The molecule has 0 radical (unpaired) electrons. The molecule has 9 N–H and O–H groups in total. The van der Waals surface area contributed by atoms with E-state index in [-0.39, 0.29) is 87.2 Å². The Morgan fingerprint density at radius 1 is 0.575 bits per heavy atom. The lowest BCUT2D eigenvalue weighted by molar-refractivity contribution is -0.142. The summed E-state index contributed by atoms with van der Waals surface area (Å²) in [6.45, 7) is 7.04. The number of amides is 3. The summed E-state index contributed by atoms with van der Waals surface area (Å²) >= 11 is 0. The van der Waals surface area contributed by atoms with Crippen molar-refractivity contribution < 1.29 is 67.5 Å². The predicted molar refractivity (Wildman–Crippen MR) is 277 cm³/mol. The van der Waals surface area contributed by atoms with Gasteiger partial charge < -0.3 is 61.1 Å². The molecule has 1 aromatic rings. The number of carboxylic acids is 2. The molecule has 0 aliphatic rings. The van der Waals surface area contributed by atoms with Crippen molar-refractivity contribution in [2.24, 2.45) is 5.73 Å². The molecular weight excluding hydrogens is 947 g/mol. The number of nitrogens with one attached hydrogen (secondary N) is 5. The van der Waals surface area contributed by atoms with Crippen molar-refractivity contribution in [3.63, 3.8) is 0 Å². The van der Waals surface area contributed by atoms with Gasteiger partial charge in [0.2, 0.25) is 17.7 Å². The van der Waals surface area contributed by atoms with E-state index < -0.39 is 24.0 Å². The van der Waals surface area contributed by atoms with Crippen LogP contribution in [0.1, 0.15) is 174 Å². The predicted octanol–water partition coefficient (Wildman–Crippen LogP) is 4.92. The first-order valence-electron chi connectivity index (χ1n) is 26.9. The lowest BCUT2D eigenvalue weighted by atomic mass is 10.0. The molecule has 0 aromatic carbocycles. The monoisotopic (exact) mass is 1040 g/mol. The van der Waals surface area contributed by atoms with E-state index in [4.69, 9.17) is 29.8 Å². The van der Waals surface area contributed by atoms with E-state index in [1.54, 1.807) is 12.5 Å². The van der Waals surface area contributed by atoms with Gasteiger partial charge >= 0.3 is 11.9 Å². The Labute approximate surface area is 434 Å². The van der Waals surface area contributed by atoms with E-state index in [0.29, 0.717) is 97.5 Å². The normalized spacial score (nSPS) is 11.8. The summed E-state index contributed by atoms with van der Waals surface area (Å²) in [6.07, 6.45) is 23.5. The number of rotatable bonds is 51. The number of hydrogen-bond donors (Lipinski definition) is 8. The Morgan fingerprint density at radius 3 is 1.74 bits per heavy atom. The zero-order valence-electron chi connectivity index (χ0n) is 44.3. The van der Waals surface area contributed by atoms with E-state index in [1.165, 1.54) is 44.9 Å². The molecule has 0 unspecified atom stereocenters. The van der Waals surface area contributed by atoms with Gasteiger partial charge in [-0.05, 0) is 65.2 Å². The molecular formula is C52H93N7O14. The minimum Gasteiger partial charge on any atom is -0.481 e. The third-order valence-corrected chi connectivity index (χ3v) is 11.6. The number of imidazole rings is 1. The highest BCUT2D eigenvalue weighted by atomic mass is 16.5. The number of unbranched alkanes of at least 4 members (excludes halogenated alkanes) is 14. The van der Waals surface area contributed by atoms with Gasteiger partial charge in [0.1, 0.15) is 30.8 Å². The van der Waals surface area contributed by atoms with Crippen molar-refractivity contribution in [3.05, 3.63) is 18.2 Å². The third-order valence-electron chi connectivity index (χ3n) is 11.6. The van der Waals surface area contributed by atoms with Crippen LogP contribution in [0, 0.1) is 0 Å². The van der Waals surface area contributed by atoms with Crippen LogP contribution < -0.4 is 27.0 Å². The van der Waals surface area contributed by atoms with Crippen LogP contribution in [0.25, 0.3) is 0 Å². The Balaban J connectivity index is 0.00000142. The van der Waals surface area contributed by atoms with Gasteiger partial charge in [0.25, 0.3) is 0 Å². The molecule has 21 heteroatoms. The number of aromatic nitrogens is 2. The zero-order valence-corrected chi connectivity index (χ0v) is 44.3. The number of carbonyl (C=O) groups is 8. The van der Waals surface area contributed by atoms with Crippen LogP contribution in [0.5, 0.6) is 0 Å². The van der Waals surface area contributed by atoms with Crippen molar-refractivity contribution in [3.8, 4) is 0 Å². The highest BCUT2D eigenvalue weighted by Gasteiger charge is 2.21. The first-order valence-corrected chi connectivity index (χ1v) is 26.9. The van der Waals surface area contributed by atoms with Crippen molar-refractivity contribution in [1.29, 1.82) is 0 Å². The number of aliphatic carboxylic acids is 2. The minimum atomic E-state index is -1.10. The standard InChI is InChI=1S/C28H51NO7.C24H42N6O7/c1-2-36-23-17-18-24(30)21-22-25(28(34)35)29-26(31)19-15-13-11-9-7-5-3-4-6-8-10-12-14-16-20-27(32)33;1-2-35-16-23(33)28-9-10-36-11-12-37-17-24(34)27-8-4-3-5-21(22(32)13-25)29-15-20(31)7-6-19-14-26-18-30-19/h25H,2-23H2,1H3,(H,29,31)(H,32,33)(H,34,35);14,18,21,29H,2-13,15-17,25H2,1H3,(H,26,30)(H,27,34)(H,28,33)/t25-;21-/m10/s1. The van der Waals surface area contributed by atoms with Gasteiger partial charge in [-0.1, -0.05) is 77.0 Å². The van der Waals surface area contributed by atoms with Gasteiger partial charge in [0.15, 0.2) is 5.78 Å². The number of carbonyl (C=O) groups excluding carboxylic acids is 6. The van der Waals surface area contributed by atoms with Crippen molar-refractivity contribution in [1.82, 2.24) is 31.2 Å². The number of nitrogens with two attached hydrogens (primary N) is 1. The SMILES string of the molecule is CCOCC(=O)NCCOCCOCC(=O)NCCCC[C@H](NCC(=O)CCc1cnc[nH]1)C(=O)CN.CCOCCCC(=O)CC[C@@H](NC(=O)CCCCCCCCCCCCCCCCC(=O)O)C(=O)O. The fourth-order valence-electron chi connectivity index (χ4n) is 7.34. The van der Waals surface area contributed by atoms with Gasteiger partial charge in [-0.2, -0.15) is 0 Å². The number of ether oxygens (including phenoxy) is 4. The van der Waals surface area contributed by atoms with Crippen LogP contribution in [-0.2, 0) is 63.7 Å². The van der Waals surface area contributed by atoms with Gasteiger partial charge in [-0.25, -0.2) is 9.78 Å². The maximum atomic E-state index is 12.1. The summed E-state index contributed by atoms with van der Waals surface area (Å²) in [5.74, 6) is -2.62. The van der Waals surface area contributed by atoms with Gasteiger partial charge in [0, 0.05) is 76.9 Å². The maximum Gasteiger partial charge on any atom is 0.326 e. The number of aromatic amines is 1. The number of H-pyrrole nitrogens is 1. The molecule has 0 saturated heterocycles. The third kappa shape index (κ3) is 45.7. The van der Waals surface area contributed by atoms with Gasteiger partial charge in [-0.15, -0.1) is 0 Å². The fraction of sp³-hybridized carbons (Fsp3) is 0.788. The quantitative estimate of drug-likeness (QED) is 0.0402. The highest BCUT2D eigenvalue weighted by Crippen LogP contribution is 2.14. The zero-order chi connectivity index (χ0) is 54.0. The van der Waals surface area contributed by atoms with Crippen LogP contribution in [0.4, 0.5) is 0 Å². The molecule has 21 nitrogen and oxygen atoms in total. The maximum absolute atomic E-state index is 12.1. The summed E-state index contributed by atoms with van der Waals surface area (Å²) in [4.78, 5) is 100. The molecule has 420 valence electrons. The number of aryl methyl sites for hydroxylation is 1. The molecule has 73 heavy (non-hydrogen) atoms. The number of hydrogen-bond acceptors (Lipinski definition) is 15. The molecule has 0 fully saturated rings. The Morgan fingerprint density at radius 2 is 1.16 bits per heavy atom. The molecule has 1 rings (SSSR count). The van der Waals surface area contributed by atoms with E-state index in [2.05, 4.69) is 31.2 Å². The molecule has 2 atom stereocenters. The topological polar surface area (TPSA) is 317 Å². The number of ketones is 3. The van der Waals surface area contributed by atoms with Crippen LogP contribution in [0.2, 0.25) is 0 Å². The van der Waals surface area contributed by atoms with Crippen molar-refractivity contribution in [2.45, 2.75) is 186 Å². The summed E-state index contributed by atoms with van der Waals surface area (Å²) in [5, 5.41) is 28.9. The lowest BCUT2D eigenvalue weighted by Gasteiger charge is -2.16. The molecule has 3 amide bonds. The second-order valence-electron chi connectivity index (χ2n) is 17.9.